The lowest BCUT2D eigenvalue weighted by Gasteiger charge is -2.13. The van der Waals surface area contributed by atoms with Crippen molar-refractivity contribution < 1.29 is 0 Å². The minimum absolute atomic E-state index is 0.559. The Morgan fingerprint density at radius 3 is 3.00 bits per heavy atom. The fourth-order valence-electron chi connectivity index (χ4n) is 1.43. The number of hydrogen-bond acceptors (Lipinski definition) is 2. The van der Waals surface area contributed by atoms with E-state index in [-0.39, 0.29) is 0 Å². The SMILES string of the molecule is Clc1cccc(C2=CCCNC2)n1. The van der Waals surface area contributed by atoms with Gasteiger partial charge in [0.25, 0.3) is 0 Å². The Morgan fingerprint density at radius 1 is 1.38 bits per heavy atom. The van der Waals surface area contributed by atoms with Crippen LogP contribution in [-0.2, 0) is 0 Å². The van der Waals surface area contributed by atoms with Crippen LogP contribution in [0.2, 0.25) is 5.15 Å². The summed E-state index contributed by atoms with van der Waals surface area (Å²) in [4.78, 5) is 4.25. The van der Waals surface area contributed by atoms with Crippen molar-refractivity contribution in [2.24, 2.45) is 0 Å². The summed E-state index contributed by atoms with van der Waals surface area (Å²) in [5.41, 5.74) is 2.23. The molecule has 1 aliphatic rings. The number of halogens is 1. The molecule has 0 bridgehead atoms. The molecule has 0 amide bonds. The minimum Gasteiger partial charge on any atom is -0.312 e. The molecule has 3 heteroatoms. The Balaban J connectivity index is 2.29. The fraction of sp³-hybridized carbons (Fsp3) is 0.300. The molecule has 0 fully saturated rings. The molecule has 0 atom stereocenters. The molecule has 0 aliphatic carbocycles. The molecule has 0 saturated heterocycles. The van der Waals surface area contributed by atoms with Gasteiger partial charge >= 0.3 is 0 Å². The number of nitrogens with zero attached hydrogens (tertiary/aromatic N) is 1. The average Bonchev–Trinajstić information content (AvgIpc) is 2.19. The van der Waals surface area contributed by atoms with E-state index in [1.165, 1.54) is 5.57 Å². The first-order chi connectivity index (χ1) is 6.36. The summed E-state index contributed by atoms with van der Waals surface area (Å²) < 4.78 is 0. The van der Waals surface area contributed by atoms with Gasteiger partial charge in [-0.3, -0.25) is 0 Å². The van der Waals surface area contributed by atoms with Crippen LogP contribution >= 0.6 is 11.6 Å². The molecule has 0 aromatic carbocycles. The van der Waals surface area contributed by atoms with Crippen LogP contribution in [0.25, 0.3) is 5.57 Å². The predicted molar refractivity (Wildman–Crippen MR) is 54.7 cm³/mol. The summed E-state index contributed by atoms with van der Waals surface area (Å²) in [7, 11) is 0. The second-order valence-corrected chi connectivity index (χ2v) is 3.43. The molecular formula is C10H11ClN2. The molecule has 0 radical (unpaired) electrons. The zero-order valence-electron chi connectivity index (χ0n) is 7.26. The molecule has 2 nitrogen and oxygen atoms in total. The van der Waals surface area contributed by atoms with E-state index >= 15 is 0 Å². The summed E-state index contributed by atoms with van der Waals surface area (Å²) in [6, 6.07) is 5.71. The number of aromatic nitrogens is 1. The Kier molecular flexibility index (Phi) is 2.62. The highest BCUT2D eigenvalue weighted by atomic mass is 35.5. The summed E-state index contributed by atoms with van der Waals surface area (Å²) in [6.45, 7) is 1.96. The van der Waals surface area contributed by atoms with Crippen LogP contribution in [0, 0.1) is 0 Å². The number of hydrogen-bond donors (Lipinski definition) is 1. The molecule has 1 N–H and O–H groups in total. The lowest BCUT2D eigenvalue weighted by molar-refractivity contribution is 0.737. The molecule has 2 heterocycles. The molecule has 13 heavy (non-hydrogen) atoms. The monoisotopic (exact) mass is 194 g/mol. The Labute approximate surface area is 82.6 Å². The first kappa shape index (κ1) is 8.73. The molecule has 0 unspecified atom stereocenters. The van der Waals surface area contributed by atoms with Crippen molar-refractivity contribution in [3.8, 4) is 0 Å². The molecule has 2 rings (SSSR count). The maximum Gasteiger partial charge on any atom is 0.129 e. The van der Waals surface area contributed by atoms with Gasteiger partial charge in [-0.15, -0.1) is 0 Å². The van der Waals surface area contributed by atoms with Crippen LogP contribution < -0.4 is 5.32 Å². The van der Waals surface area contributed by atoms with Gasteiger partial charge in [-0.2, -0.15) is 0 Å². The number of rotatable bonds is 1. The second kappa shape index (κ2) is 3.90. The van der Waals surface area contributed by atoms with Crippen LogP contribution in [-0.4, -0.2) is 18.1 Å². The predicted octanol–water partition coefficient (Wildman–Crippen LogP) is 2.11. The third-order valence-corrected chi connectivity index (χ3v) is 2.28. The van der Waals surface area contributed by atoms with E-state index in [1.807, 2.05) is 12.1 Å². The van der Waals surface area contributed by atoms with Crippen molar-refractivity contribution >= 4 is 17.2 Å². The van der Waals surface area contributed by atoms with Crippen molar-refractivity contribution in [1.82, 2.24) is 10.3 Å². The molecule has 1 aromatic heterocycles. The molecule has 0 saturated carbocycles. The zero-order chi connectivity index (χ0) is 9.10. The van der Waals surface area contributed by atoms with Crippen molar-refractivity contribution in [2.45, 2.75) is 6.42 Å². The average molecular weight is 195 g/mol. The van der Waals surface area contributed by atoms with E-state index in [9.17, 15) is 0 Å². The summed E-state index contributed by atoms with van der Waals surface area (Å²) in [5, 5.41) is 3.86. The third kappa shape index (κ3) is 2.08. The van der Waals surface area contributed by atoms with E-state index in [0.717, 1.165) is 25.2 Å². The molecule has 1 aromatic rings. The van der Waals surface area contributed by atoms with Crippen LogP contribution in [0.1, 0.15) is 12.1 Å². The van der Waals surface area contributed by atoms with Gasteiger partial charge in [-0.05, 0) is 30.7 Å². The van der Waals surface area contributed by atoms with E-state index in [0.29, 0.717) is 5.15 Å². The van der Waals surface area contributed by atoms with Crippen LogP contribution in [0.3, 0.4) is 0 Å². The van der Waals surface area contributed by atoms with E-state index in [4.69, 9.17) is 11.6 Å². The minimum atomic E-state index is 0.559. The van der Waals surface area contributed by atoms with E-state index in [1.54, 1.807) is 6.07 Å². The van der Waals surface area contributed by atoms with Gasteiger partial charge in [-0.25, -0.2) is 4.98 Å². The van der Waals surface area contributed by atoms with Crippen LogP contribution in [0.5, 0.6) is 0 Å². The lowest BCUT2D eigenvalue weighted by Crippen LogP contribution is -2.21. The topological polar surface area (TPSA) is 24.9 Å². The molecule has 1 aliphatic heterocycles. The highest BCUT2D eigenvalue weighted by Gasteiger charge is 2.06. The van der Waals surface area contributed by atoms with E-state index in [2.05, 4.69) is 16.4 Å². The van der Waals surface area contributed by atoms with Gasteiger partial charge in [0.15, 0.2) is 0 Å². The molecule has 68 valence electrons. The van der Waals surface area contributed by atoms with Crippen LogP contribution in [0.4, 0.5) is 0 Å². The van der Waals surface area contributed by atoms with Crippen LogP contribution in [0.15, 0.2) is 24.3 Å². The molecule has 0 spiro atoms. The van der Waals surface area contributed by atoms with Crippen molar-refractivity contribution in [3.05, 3.63) is 35.1 Å². The van der Waals surface area contributed by atoms with Gasteiger partial charge in [0, 0.05) is 6.54 Å². The first-order valence-electron chi connectivity index (χ1n) is 4.39. The summed E-state index contributed by atoms with van der Waals surface area (Å²) in [6.07, 6.45) is 3.29. The summed E-state index contributed by atoms with van der Waals surface area (Å²) >= 11 is 5.81. The van der Waals surface area contributed by atoms with Gasteiger partial charge < -0.3 is 5.32 Å². The van der Waals surface area contributed by atoms with E-state index < -0.39 is 0 Å². The standard InChI is InChI=1S/C10H11ClN2/c11-10-5-1-4-9(13-10)8-3-2-6-12-7-8/h1,3-5,12H,2,6-7H2. The summed E-state index contributed by atoms with van der Waals surface area (Å²) in [5.74, 6) is 0. The van der Waals surface area contributed by atoms with Gasteiger partial charge in [0.1, 0.15) is 5.15 Å². The first-order valence-corrected chi connectivity index (χ1v) is 4.77. The second-order valence-electron chi connectivity index (χ2n) is 3.04. The normalized spacial score (nSPS) is 16.8. The van der Waals surface area contributed by atoms with Gasteiger partial charge in [0.2, 0.25) is 0 Å². The van der Waals surface area contributed by atoms with Crippen molar-refractivity contribution in [2.75, 3.05) is 13.1 Å². The maximum atomic E-state index is 5.81. The zero-order valence-corrected chi connectivity index (χ0v) is 8.01. The highest BCUT2D eigenvalue weighted by Crippen LogP contribution is 2.16. The van der Waals surface area contributed by atoms with Gasteiger partial charge in [-0.1, -0.05) is 23.7 Å². The smallest absolute Gasteiger partial charge is 0.129 e. The third-order valence-electron chi connectivity index (χ3n) is 2.07. The largest absolute Gasteiger partial charge is 0.312 e. The fourth-order valence-corrected chi connectivity index (χ4v) is 1.59. The quantitative estimate of drug-likeness (QED) is 0.693. The van der Waals surface area contributed by atoms with Crippen molar-refractivity contribution in [1.29, 1.82) is 0 Å². The number of pyridine rings is 1. The highest BCUT2D eigenvalue weighted by molar-refractivity contribution is 6.29. The Bertz CT molecular complexity index is 333. The Hall–Kier alpha value is -0.860. The van der Waals surface area contributed by atoms with Gasteiger partial charge in [0.05, 0.1) is 5.69 Å². The maximum absolute atomic E-state index is 5.81. The Morgan fingerprint density at radius 2 is 2.31 bits per heavy atom. The van der Waals surface area contributed by atoms with Crippen molar-refractivity contribution in [3.63, 3.8) is 0 Å². The lowest BCUT2D eigenvalue weighted by atomic mass is 10.1. The number of nitrogens with one attached hydrogen (secondary N) is 1. The molecular weight excluding hydrogens is 184 g/mol.